The first-order valence-electron chi connectivity index (χ1n) is 7.38. The maximum Gasteiger partial charge on any atom is 0.416 e. The average Bonchev–Trinajstić information content (AvgIpc) is 2.51. The molecule has 0 aromatic heterocycles. The molecule has 1 fully saturated rings. The Morgan fingerprint density at radius 1 is 1.08 bits per heavy atom. The molecular formula is C15H20Cl2F6N2O. The molecule has 0 aliphatic carbocycles. The van der Waals surface area contributed by atoms with E-state index in [1.54, 1.807) is 0 Å². The Bertz CT molecular complexity index is 562. The molecule has 1 saturated heterocycles. The first-order chi connectivity index (χ1) is 11.1. The number of benzene rings is 1. The summed E-state index contributed by atoms with van der Waals surface area (Å²) in [6.45, 7) is 1.38. The molecule has 1 atom stereocenters. The lowest BCUT2D eigenvalue weighted by atomic mass is 9.95. The second kappa shape index (κ2) is 9.87. The van der Waals surface area contributed by atoms with Crippen LogP contribution in [0.4, 0.5) is 26.3 Å². The van der Waals surface area contributed by atoms with Gasteiger partial charge >= 0.3 is 12.4 Å². The molecule has 0 spiro atoms. The van der Waals surface area contributed by atoms with Gasteiger partial charge in [-0.05, 0) is 17.7 Å². The van der Waals surface area contributed by atoms with Gasteiger partial charge in [0.15, 0.2) is 0 Å². The summed E-state index contributed by atoms with van der Waals surface area (Å²) < 4.78 is 83.8. The third kappa shape index (κ3) is 6.68. The van der Waals surface area contributed by atoms with Crippen LogP contribution < -0.4 is 10.1 Å². The molecule has 1 aromatic carbocycles. The summed E-state index contributed by atoms with van der Waals surface area (Å²) in [6, 6.07) is 1.71. The van der Waals surface area contributed by atoms with E-state index in [0.717, 1.165) is 12.1 Å². The molecule has 2 rings (SSSR count). The Kier molecular flexibility index (Phi) is 9.53. The van der Waals surface area contributed by atoms with Crippen molar-refractivity contribution in [2.24, 2.45) is 0 Å². The quantitative estimate of drug-likeness (QED) is 0.716. The molecule has 0 unspecified atom stereocenters. The average molecular weight is 429 g/mol. The zero-order valence-electron chi connectivity index (χ0n) is 13.8. The lowest BCUT2D eigenvalue weighted by Crippen LogP contribution is -2.46. The molecule has 0 saturated carbocycles. The van der Waals surface area contributed by atoms with Gasteiger partial charge in [0, 0.05) is 32.2 Å². The fourth-order valence-electron chi connectivity index (χ4n) is 2.85. The second-order valence-electron chi connectivity index (χ2n) is 5.57. The summed E-state index contributed by atoms with van der Waals surface area (Å²) in [7, 11) is 1.21. The van der Waals surface area contributed by atoms with Crippen molar-refractivity contribution in [2.45, 2.75) is 24.8 Å². The van der Waals surface area contributed by atoms with Crippen molar-refractivity contribution in [1.29, 1.82) is 0 Å². The number of ether oxygens (including phenoxy) is 1. The smallest absolute Gasteiger partial charge is 0.416 e. The van der Waals surface area contributed by atoms with Crippen molar-refractivity contribution < 1.29 is 31.1 Å². The normalized spacial score (nSPS) is 17.0. The van der Waals surface area contributed by atoms with Crippen molar-refractivity contribution >= 4 is 24.8 Å². The van der Waals surface area contributed by atoms with Crippen molar-refractivity contribution in [3.63, 3.8) is 0 Å². The number of alkyl halides is 6. The van der Waals surface area contributed by atoms with Gasteiger partial charge in [-0.15, -0.1) is 24.8 Å². The van der Waals surface area contributed by atoms with Gasteiger partial charge in [0.2, 0.25) is 0 Å². The molecule has 152 valence electrons. The zero-order chi connectivity index (χ0) is 18.0. The molecule has 0 amide bonds. The molecule has 1 heterocycles. The highest BCUT2D eigenvalue weighted by molar-refractivity contribution is 5.85. The third-order valence-electron chi connectivity index (χ3n) is 3.94. The molecule has 0 bridgehead atoms. The molecule has 3 nitrogen and oxygen atoms in total. The number of nitrogens with one attached hydrogen (secondary N) is 1. The molecule has 1 N–H and O–H groups in total. The lowest BCUT2D eigenvalue weighted by Gasteiger charge is -2.36. The highest BCUT2D eigenvalue weighted by atomic mass is 35.5. The van der Waals surface area contributed by atoms with Crippen LogP contribution in [-0.4, -0.2) is 44.4 Å². The van der Waals surface area contributed by atoms with Crippen LogP contribution in [-0.2, 0) is 6.18 Å². The van der Waals surface area contributed by atoms with Crippen LogP contribution in [0.3, 0.4) is 0 Å². The first kappa shape index (κ1) is 25.1. The van der Waals surface area contributed by atoms with E-state index >= 15 is 0 Å². The van der Waals surface area contributed by atoms with Gasteiger partial charge in [-0.2, -0.15) is 26.3 Å². The predicted octanol–water partition coefficient (Wildman–Crippen LogP) is 4.46. The van der Waals surface area contributed by atoms with Crippen molar-refractivity contribution in [1.82, 2.24) is 10.2 Å². The molecule has 1 aromatic rings. The highest BCUT2D eigenvalue weighted by Gasteiger charge is 2.41. The van der Waals surface area contributed by atoms with Crippen LogP contribution in [0.5, 0.6) is 5.75 Å². The van der Waals surface area contributed by atoms with Crippen LogP contribution in [0.15, 0.2) is 18.2 Å². The summed E-state index contributed by atoms with van der Waals surface area (Å²) in [5.41, 5.74) is -1.46. The fourth-order valence-corrected chi connectivity index (χ4v) is 2.85. The van der Waals surface area contributed by atoms with Gasteiger partial charge in [-0.25, -0.2) is 0 Å². The Hall–Kier alpha value is -0.900. The predicted molar refractivity (Wildman–Crippen MR) is 90.3 cm³/mol. The second-order valence-corrected chi connectivity index (χ2v) is 5.57. The topological polar surface area (TPSA) is 24.5 Å². The van der Waals surface area contributed by atoms with Crippen molar-refractivity contribution in [2.75, 3.05) is 33.3 Å². The maximum atomic E-state index is 13.4. The SMILES string of the molecule is COc1ccc([C@@H](CC(F)(F)F)N2CCNCC2)c(C(F)(F)F)c1.Cl.Cl. The summed E-state index contributed by atoms with van der Waals surface area (Å²) in [6.07, 6.45) is -10.7. The number of hydrogen-bond acceptors (Lipinski definition) is 3. The Morgan fingerprint density at radius 2 is 1.65 bits per heavy atom. The fraction of sp³-hybridized carbons (Fsp3) is 0.600. The monoisotopic (exact) mass is 428 g/mol. The Labute approximate surface area is 159 Å². The van der Waals surface area contributed by atoms with E-state index < -0.39 is 30.4 Å². The molecular weight excluding hydrogens is 409 g/mol. The zero-order valence-corrected chi connectivity index (χ0v) is 15.4. The summed E-state index contributed by atoms with van der Waals surface area (Å²) in [5, 5.41) is 2.98. The van der Waals surface area contributed by atoms with E-state index in [2.05, 4.69) is 5.32 Å². The summed E-state index contributed by atoms with van der Waals surface area (Å²) in [4.78, 5) is 1.45. The first-order valence-corrected chi connectivity index (χ1v) is 7.38. The van der Waals surface area contributed by atoms with Crippen molar-refractivity contribution in [3.05, 3.63) is 29.3 Å². The van der Waals surface area contributed by atoms with Gasteiger partial charge in [-0.1, -0.05) is 6.07 Å². The molecule has 11 heteroatoms. The van der Waals surface area contributed by atoms with E-state index in [1.807, 2.05) is 0 Å². The number of methoxy groups -OCH3 is 1. The minimum atomic E-state index is -4.76. The Morgan fingerprint density at radius 3 is 2.12 bits per heavy atom. The minimum Gasteiger partial charge on any atom is -0.497 e. The third-order valence-corrected chi connectivity index (χ3v) is 3.94. The van der Waals surface area contributed by atoms with Gasteiger partial charge in [0.1, 0.15) is 5.75 Å². The van der Waals surface area contributed by atoms with Crippen LogP contribution in [0.1, 0.15) is 23.6 Å². The largest absolute Gasteiger partial charge is 0.497 e. The van der Waals surface area contributed by atoms with E-state index in [9.17, 15) is 26.3 Å². The molecule has 1 aliphatic heterocycles. The van der Waals surface area contributed by atoms with Crippen LogP contribution in [0.2, 0.25) is 0 Å². The van der Waals surface area contributed by atoms with Gasteiger partial charge in [-0.3, -0.25) is 4.90 Å². The minimum absolute atomic E-state index is 0. The van der Waals surface area contributed by atoms with Gasteiger partial charge in [0.05, 0.1) is 19.1 Å². The van der Waals surface area contributed by atoms with E-state index in [0.29, 0.717) is 13.1 Å². The van der Waals surface area contributed by atoms with Crippen LogP contribution >= 0.6 is 24.8 Å². The van der Waals surface area contributed by atoms with E-state index in [1.165, 1.54) is 18.1 Å². The number of piperazine rings is 1. The molecule has 1 aliphatic rings. The highest BCUT2D eigenvalue weighted by Crippen LogP contribution is 2.42. The summed E-state index contributed by atoms with van der Waals surface area (Å²) in [5.74, 6) is -0.0443. The van der Waals surface area contributed by atoms with Crippen LogP contribution in [0, 0.1) is 0 Å². The van der Waals surface area contributed by atoms with E-state index in [4.69, 9.17) is 4.74 Å². The molecule has 0 radical (unpaired) electrons. The maximum absolute atomic E-state index is 13.4. The lowest BCUT2D eigenvalue weighted by molar-refractivity contribution is -0.153. The van der Waals surface area contributed by atoms with Gasteiger partial charge < -0.3 is 10.1 Å². The number of hydrogen-bond donors (Lipinski definition) is 1. The number of halogens is 8. The van der Waals surface area contributed by atoms with Crippen LogP contribution in [0.25, 0.3) is 0 Å². The standard InChI is InChI=1S/C15H18F6N2O.2ClH/c1-24-10-2-3-11(12(8-10)15(19,20)21)13(9-14(16,17)18)23-6-4-22-5-7-23;;/h2-3,8,13,22H,4-7,9H2,1H3;2*1H/t13-;;/m1../s1. The number of nitrogens with zero attached hydrogens (tertiary/aromatic N) is 1. The Balaban J connectivity index is 0.00000312. The van der Waals surface area contributed by atoms with E-state index in [-0.39, 0.29) is 49.2 Å². The molecule has 26 heavy (non-hydrogen) atoms. The van der Waals surface area contributed by atoms with Crippen molar-refractivity contribution in [3.8, 4) is 5.75 Å². The summed E-state index contributed by atoms with van der Waals surface area (Å²) >= 11 is 0. The number of rotatable bonds is 4. The van der Waals surface area contributed by atoms with Gasteiger partial charge in [0.25, 0.3) is 0 Å².